The summed E-state index contributed by atoms with van der Waals surface area (Å²) < 4.78 is 5.53. The molecule has 4 heteroatoms. The van der Waals surface area contributed by atoms with Gasteiger partial charge >= 0.3 is 6.09 Å². The third kappa shape index (κ3) is 3.65. The molecule has 0 radical (unpaired) electrons. The molecule has 0 heterocycles. The van der Waals surface area contributed by atoms with E-state index in [1.807, 2.05) is 48.5 Å². The molecular weight excluding hydrogens is 336 g/mol. The second kappa shape index (κ2) is 7.54. The molecule has 1 aliphatic carbocycles. The third-order valence-corrected chi connectivity index (χ3v) is 5.01. The largest absolute Gasteiger partial charge is 0.449 e. The van der Waals surface area contributed by atoms with Crippen molar-refractivity contribution in [3.8, 4) is 11.1 Å². The number of nitrogens with two attached hydrogens (primary N) is 1. The van der Waals surface area contributed by atoms with Crippen molar-refractivity contribution < 1.29 is 9.53 Å². The number of rotatable bonds is 5. The Morgan fingerprint density at radius 1 is 0.889 bits per heavy atom. The van der Waals surface area contributed by atoms with Crippen molar-refractivity contribution in [3.63, 3.8) is 0 Å². The van der Waals surface area contributed by atoms with E-state index in [1.54, 1.807) is 0 Å². The molecule has 3 aromatic carbocycles. The Kier molecular flexibility index (Phi) is 4.79. The van der Waals surface area contributed by atoms with E-state index in [4.69, 9.17) is 10.5 Å². The molecule has 4 rings (SSSR count). The molecule has 0 aliphatic heterocycles. The topological polar surface area (TPSA) is 64.3 Å². The molecule has 0 saturated carbocycles. The van der Waals surface area contributed by atoms with Crippen LogP contribution in [0, 0.1) is 0 Å². The van der Waals surface area contributed by atoms with Gasteiger partial charge in [-0.25, -0.2) is 4.79 Å². The molecule has 0 fully saturated rings. The number of benzene rings is 3. The van der Waals surface area contributed by atoms with Crippen LogP contribution in [0.25, 0.3) is 11.1 Å². The number of alkyl carbamates (subject to hydrolysis) is 1. The highest BCUT2D eigenvalue weighted by Crippen LogP contribution is 2.44. The van der Waals surface area contributed by atoms with E-state index in [2.05, 4.69) is 29.6 Å². The average molecular weight is 358 g/mol. The van der Waals surface area contributed by atoms with Gasteiger partial charge in [0.2, 0.25) is 0 Å². The molecule has 4 nitrogen and oxygen atoms in total. The zero-order valence-electron chi connectivity index (χ0n) is 15.0. The Hall–Kier alpha value is -3.27. The fourth-order valence-electron chi connectivity index (χ4n) is 3.64. The molecule has 136 valence electrons. The molecule has 0 atom stereocenters. The van der Waals surface area contributed by atoms with Crippen LogP contribution in [0.15, 0.2) is 72.8 Å². The van der Waals surface area contributed by atoms with Crippen LogP contribution in [0.1, 0.15) is 22.6 Å². The fourth-order valence-corrected chi connectivity index (χ4v) is 3.64. The van der Waals surface area contributed by atoms with Gasteiger partial charge in [-0.3, -0.25) is 0 Å². The lowest BCUT2D eigenvalue weighted by molar-refractivity contribution is 0.143. The molecule has 3 aromatic rings. The zero-order chi connectivity index (χ0) is 18.6. The Balaban J connectivity index is 1.34. The number of nitrogen functional groups attached to an aromatic ring is 1. The van der Waals surface area contributed by atoms with E-state index in [-0.39, 0.29) is 12.0 Å². The van der Waals surface area contributed by atoms with Crippen LogP contribution >= 0.6 is 0 Å². The fraction of sp³-hybridized carbons (Fsp3) is 0.174. The standard InChI is InChI=1S/C23H22N2O2/c24-17-11-9-16(10-12-17)13-14-25-23(26)27-15-22-20-7-3-1-5-18(20)19-6-2-4-8-21(19)22/h1-12,22H,13-15,24H2,(H,25,26). The van der Waals surface area contributed by atoms with E-state index in [1.165, 1.54) is 22.3 Å². The summed E-state index contributed by atoms with van der Waals surface area (Å²) in [5, 5.41) is 2.83. The van der Waals surface area contributed by atoms with Gasteiger partial charge in [0.15, 0.2) is 0 Å². The quantitative estimate of drug-likeness (QED) is 0.667. The number of carbonyl (C=O) groups excluding carboxylic acids is 1. The number of hydrogen-bond acceptors (Lipinski definition) is 3. The molecule has 0 spiro atoms. The first-order valence-electron chi connectivity index (χ1n) is 9.15. The minimum absolute atomic E-state index is 0.0836. The lowest BCUT2D eigenvalue weighted by Crippen LogP contribution is -2.28. The first-order valence-corrected chi connectivity index (χ1v) is 9.15. The SMILES string of the molecule is Nc1ccc(CCNC(=O)OCC2c3ccccc3-c3ccccc32)cc1. The molecular formula is C23H22N2O2. The van der Waals surface area contributed by atoms with Gasteiger partial charge in [-0.05, 0) is 46.4 Å². The number of fused-ring (bicyclic) bond motifs is 3. The third-order valence-electron chi connectivity index (χ3n) is 5.01. The molecule has 0 unspecified atom stereocenters. The van der Waals surface area contributed by atoms with Crippen molar-refractivity contribution in [2.24, 2.45) is 0 Å². The van der Waals surface area contributed by atoms with Crippen molar-refractivity contribution >= 4 is 11.8 Å². The van der Waals surface area contributed by atoms with Crippen molar-refractivity contribution in [3.05, 3.63) is 89.5 Å². The highest BCUT2D eigenvalue weighted by Gasteiger charge is 2.28. The maximum atomic E-state index is 12.1. The maximum absolute atomic E-state index is 12.1. The number of carbonyl (C=O) groups is 1. The van der Waals surface area contributed by atoms with E-state index in [0.717, 1.165) is 17.7 Å². The van der Waals surface area contributed by atoms with Crippen molar-refractivity contribution in [2.75, 3.05) is 18.9 Å². The summed E-state index contributed by atoms with van der Waals surface area (Å²) in [6.45, 7) is 0.863. The van der Waals surface area contributed by atoms with Gasteiger partial charge in [-0.1, -0.05) is 60.7 Å². The molecule has 0 aromatic heterocycles. The van der Waals surface area contributed by atoms with Crippen LogP contribution in [-0.2, 0) is 11.2 Å². The predicted molar refractivity (Wildman–Crippen MR) is 108 cm³/mol. The predicted octanol–water partition coefficient (Wildman–Crippen LogP) is 4.35. The van der Waals surface area contributed by atoms with E-state index in [9.17, 15) is 4.79 Å². The van der Waals surface area contributed by atoms with E-state index in [0.29, 0.717) is 13.2 Å². The molecule has 0 saturated heterocycles. The minimum Gasteiger partial charge on any atom is -0.449 e. The number of ether oxygens (including phenoxy) is 1. The average Bonchev–Trinajstić information content (AvgIpc) is 3.02. The first kappa shape index (κ1) is 17.2. The van der Waals surface area contributed by atoms with Crippen LogP contribution in [0.3, 0.4) is 0 Å². The highest BCUT2D eigenvalue weighted by atomic mass is 16.5. The van der Waals surface area contributed by atoms with E-state index >= 15 is 0 Å². The molecule has 27 heavy (non-hydrogen) atoms. The summed E-state index contributed by atoms with van der Waals surface area (Å²) in [6, 6.07) is 24.3. The van der Waals surface area contributed by atoms with Crippen LogP contribution < -0.4 is 11.1 Å². The van der Waals surface area contributed by atoms with E-state index < -0.39 is 0 Å². The van der Waals surface area contributed by atoms with Gasteiger partial charge in [-0.2, -0.15) is 0 Å². The summed E-state index contributed by atoms with van der Waals surface area (Å²) >= 11 is 0. The number of amides is 1. The zero-order valence-corrected chi connectivity index (χ0v) is 15.0. The lowest BCUT2D eigenvalue weighted by atomic mass is 9.98. The second-order valence-electron chi connectivity index (χ2n) is 6.74. The first-order chi connectivity index (χ1) is 13.2. The Labute approximate surface area is 159 Å². The second-order valence-corrected chi connectivity index (χ2v) is 6.74. The minimum atomic E-state index is -0.382. The number of hydrogen-bond donors (Lipinski definition) is 2. The van der Waals surface area contributed by atoms with Crippen LogP contribution in [0.4, 0.5) is 10.5 Å². The van der Waals surface area contributed by atoms with Gasteiger partial charge in [0.05, 0.1) is 0 Å². The van der Waals surface area contributed by atoms with Crippen LogP contribution in [-0.4, -0.2) is 19.2 Å². The van der Waals surface area contributed by atoms with Crippen molar-refractivity contribution in [1.82, 2.24) is 5.32 Å². The smallest absolute Gasteiger partial charge is 0.407 e. The van der Waals surface area contributed by atoms with Gasteiger partial charge in [-0.15, -0.1) is 0 Å². The molecule has 3 N–H and O–H groups in total. The molecule has 1 aliphatic rings. The Morgan fingerprint density at radius 3 is 2.11 bits per heavy atom. The van der Waals surface area contributed by atoms with Crippen molar-refractivity contribution in [1.29, 1.82) is 0 Å². The summed E-state index contributed by atoms with van der Waals surface area (Å²) in [6.07, 6.45) is 0.358. The molecule has 1 amide bonds. The van der Waals surface area contributed by atoms with Gasteiger partial charge in [0.1, 0.15) is 6.61 Å². The van der Waals surface area contributed by atoms with Crippen LogP contribution in [0.2, 0.25) is 0 Å². The summed E-state index contributed by atoms with van der Waals surface area (Å²) in [5.74, 6) is 0.0836. The van der Waals surface area contributed by atoms with Gasteiger partial charge in [0.25, 0.3) is 0 Å². The van der Waals surface area contributed by atoms with Crippen molar-refractivity contribution in [2.45, 2.75) is 12.3 Å². The monoisotopic (exact) mass is 358 g/mol. The Morgan fingerprint density at radius 2 is 1.48 bits per heavy atom. The van der Waals surface area contributed by atoms with Gasteiger partial charge in [0, 0.05) is 18.2 Å². The summed E-state index contributed by atoms with van der Waals surface area (Å²) in [4.78, 5) is 12.1. The summed E-state index contributed by atoms with van der Waals surface area (Å²) in [5.41, 5.74) is 12.4. The number of anilines is 1. The summed E-state index contributed by atoms with van der Waals surface area (Å²) in [7, 11) is 0. The maximum Gasteiger partial charge on any atom is 0.407 e. The Bertz CT molecular complexity index is 905. The highest BCUT2D eigenvalue weighted by molar-refractivity contribution is 5.79. The van der Waals surface area contributed by atoms with Gasteiger partial charge < -0.3 is 15.8 Å². The normalized spacial score (nSPS) is 12.3. The number of nitrogens with one attached hydrogen (secondary N) is 1. The molecule has 0 bridgehead atoms. The van der Waals surface area contributed by atoms with Crippen LogP contribution in [0.5, 0.6) is 0 Å². The lowest BCUT2D eigenvalue weighted by Gasteiger charge is -2.14.